The number of anilines is 1. The SMILES string of the molecule is CCOc1cc(N[C@@H]2CCC(=O)N[C@H]2c2cnn(CC)c2)ncn1. The van der Waals surface area contributed by atoms with Crippen LogP contribution in [-0.2, 0) is 11.3 Å². The van der Waals surface area contributed by atoms with Crippen LogP contribution in [0.25, 0.3) is 0 Å². The zero-order valence-electron chi connectivity index (χ0n) is 13.9. The number of ether oxygens (including phenoxy) is 1. The Bertz CT molecular complexity index is 701. The Labute approximate surface area is 140 Å². The van der Waals surface area contributed by atoms with Crippen LogP contribution in [0.2, 0.25) is 0 Å². The van der Waals surface area contributed by atoms with Gasteiger partial charge in [-0.05, 0) is 20.3 Å². The molecule has 2 atom stereocenters. The highest BCUT2D eigenvalue weighted by molar-refractivity contribution is 5.77. The summed E-state index contributed by atoms with van der Waals surface area (Å²) < 4.78 is 7.26. The van der Waals surface area contributed by atoms with Crippen LogP contribution in [0, 0.1) is 0 Å². The summed E-state index contributed by atoms with van der Waals surface area (Å²) in [5.41, 5.74) is 0.987. The van der Waals surface area contributed by atoms with E-state index in [0.717, 1.165) is 18.5 Å². The average Bonchev–Trinajstić information content (AvgIpc) is 3.06. The Morgan fingerprint density at radius 3 is 3.04 bits per heavy atom. The molecule has 24 heavy (non-hydrogen) atoms. The lowest BCUT2D eigenvalue weighted by molar-refractivity contribution is -0.123. The zero-order chi connectivity index (χ0) is 16.9. The maximum Gasteiger partial charge on any atom is 0.220 e. The third-order valence-electron chi connectivity index (χ3n) is 4.01. The number of amides is 1. The second kappa shape index (κ2) is 7.29. The van der Waals surface area contributed by atoms with E-state index < -0.39 is 0 Å². The minimum Gasteiger partial charge on any atom is -0.478 e. The highest BCUT2D eigenvalue weighted by atomic mass is 16.5. The quantitative estimate of drug-likeness (QED) is 0.834. The highest BCUT2D eigenvalue weighted by Crippen LogP contribution is 2.27. The molecule has 1 amide bonds. The number of hydrogen-bond acceptors (Lipinski definition) is 6. The van der Waals surface area contributed by atoms with E-state index in [1.807, 2.05) is 24.7 Å². The van der Waals surface area contributed by atoms with Crippen LogP contribution in [0.5, 0.6) is 5.88 Å². The third kappa shape index (κ3) is 3.64. The van der Waals surface area contributed by atoms with Gasteiger partial charge in [0.2, 0.25) is 11.8 Å². The molecule has 0 unspecified atom stereocenters. The average molecular weight is 330 g/mol. The number of nitrogens with zero attached hydrogens (tertiary/aromatic N) is 4. The second-order valence-corrected chi connectivity index (χ2v) is 5.64. The fourth-order valence-electron chi connectivity index (χ4n) is 2.82. The summed E-state index contributed by atoms with van der Waals surface area (Å²) in [6.07, 6.45) is 6.46. The topological polar surface area (TPSA) is 94.0 Å². The molecule has 2 aromatic rings. The summed E-state index contributed by atoms with van der Waals surface area (Å²) in [5.74, 6) is 1.27. The van der Waals surface area contributed by atoms with Crippen molar-refractivity contribution in [3.8, 4) is 5.88 Å². The summed E-state index contributed by atoms with van der Waals surface area (Å²) in [7, 11) is 0. The molecule has 1 fully saturated rings. The summed E-state index contributed by atoms with van der Waals surface area (Å²) in [5, 5.41) is 10.8. The number of aryl methyl sites for hydroxylation is 1. The van der Waals surface area contributed by atoms with Crippen molar-refractivity contribution in [2.24, 2.45) is 0 Å². The Morgan fingerprint density at radius 2 is 2.29 bits per heavy atom. The number of nitrogens with one attached hydrogen (secondary N) is 2. The molecular formula is C16H22N6O2. The first-order valence-electron chi connectivity index (χ1n) is 8.22. The molecular weight excluding hydrogens is 308 g/mol. The second-order valence-electron chi connectivity index (χ2n) is 5.64. The van der Waals surface area contributed by atoms with Crippen molar-refractivity contribution >= 4 is 11.7 Å². The number of rotatable bonds is 6. The van der Waals surface area contributed by atoms with Gasteiger partial charge >= 0.3 is 0 Å². The van der Waals surface area contributed by atoms with Crippen LogP contribution in [0.1, 0.15) is 38.3 Å². The molecule has 0 spiro atoms. The Balaban J connectivity index is 1.78. The van der Waals surface area contributed by atoms with Gasteiger partial charge in [-0.25, -0.2) is 9.97 Å². The van der Waals surface area contributed by atoms with E-state index in [2.05, 4.69) is 25.7 Å². The molecule has 0 saturated carbocycles. The molecule has 8 nitrogen and oxygen atoms in total. The first-order chi connectivity index (χ1) is 11.7. The predicted molar refractivity (Wildman–Crippen MR) is 88.6 cm³/mol. The molecule has 0 radical (unpaired) electrons. The van der Waals surface area contributed by atoms with Gasteiger partial charge in [-0.2, -0.15) is 5.10 Å². The van der Waals surface area contributed by atoms with Crippen molar-refractivity contribution in [2.45, 2.75) is 45.3 Å². The van der Waals surface area contributed by atoms with Gasteiger partial charge in [0.05, 0.1) is 24.9 Å². The van der Waals surface area contributed by atoms with Crippen molar-refractivity contribution in [1.29, 1.82) is 0 Å². The maximum absolute atomic E-state index is 11.8. The molecule has 128 valence electrons. The van der Waals surface area contributed by atoms with E-state index in [4.69, 9.17) is 4.74 Å². The molecule has 2 aromatic heterocycles. The van der Waals surface area contributed by atoms with Crippen molar-refractivity contribution in [2.75, 3.05) is 11.9 Å². The number of piperidine rings is 1. The lowest BCUT2D eigenvalue weighted by Gasteiger charge is -2.32. The van der Waals surface area contributed by atoms with Crippen LogP contribution >= 0.6 is 0 Å². The Kier molecular flexibility index (Phi) is 4.93. The molecule has 2 N–H and O–H groups in total. The van der Waals surface area contributed by atoms with Gasteiger partial charge in [-0.3, -0.25) is 9.48 Å². The molecule has 1 aliphatic rings. The first kappa shape index (κ1) is 16.2. The van der Waals surface area contributed by atoms with E-state index in [-0.39, 0.29) is 18.0 Å². The van der Waals surface area contributed by atoms with Gasteiger partial charge in [-0.1, -0.05) is 0 Å². The summed E-state index contributed by atoms with van der Waals surface area (Å²) in [4.78, 5) is 20.2. The molecule has 0 bridgehead atoms. The van der Waals surface area contributed by atoms with Gasteiger partial charge in [0.1, 0.15) is 12.1 Å². The molecule has 1 aliphatic heterocycles. The fourth-order valence-corrected chi connectivity index (χ4v) is 2.82. The maximum atomic E-state index is 11.8. The van der Waals surface area contributed by atoms with Gasteiger partial charge in [0.25, 0.3) is 0 Å². The molecule has 3 heterocycles. The summed E-state index contributed by atoms with van der Waals surface area (Å²) in [6, 6.07) is 1.66. The molecule has 8 heteroatoms. The minimum absolute atomic E-state index is 0.0292. The number of carbonyl (C=O) groups is 1. The largest absolute Gasteiger partial charge is 0.478 e. The van der Waals surface area contributed by atoms with Crippen molar-refractivity contribution in [3.63, 3.8) is 0 Å². The highest BCUT2D eigenvalue weighted by Gasteiger charge is 2.31. The van der Waals surface area contributed by atoms with E-state index in [1.165, 1.54) is 6.33 Å². The monoisotopic (exact) mass is 330 g/mol. The van der Waals surface area contributed by atoms with E-state index in [9.17, 15) is 4.79 Å². The number of carbonyl (C=O) groups excluding carboxylic acids is 1. The Hall–Kier alpha value is -2.64. The van der Waals surface area contributed by atoms with E-state index in [0.29, 0.717) is 24.7 Å². The smallest absolute Gasteiger partial charge is 0.220 e. The fraction of sp³-hybridized carbons (Fsp3) is 0.500. The third-order valence-corrected chi connectivity index (χ3v) is 4.01. The van der Waals surface area contributed by atoms with Crippen LogP contribution in [0.3, 0.4) is 0 Å². The number of hydrogen-bond donors (Lipinski definition) is 2. The Morgan fingerprint density at radius 1 is 1.42 bits per heavy atom. The van der Waals surface area contributed by atoms with Gasteiger partial charge in [-0.15, -0.1) is 0 Å². The van der Waals surface area contributed by atoms with Crippen LogP contribution in [0.15, 0.2) is 24.8 Å². The standard InChI is InChI=1S/C16H22N6O2/c1-3-22-9-11(8-19-22)16-12(5-6-14(23)21-16)20-13-7-15(24-4-2)18-10-17-13/h7-10,12,16H,3-6H2,1-2H3,(H,21,23)(H,17,18,20)/t12-,16+/m1/s1. The molecule has 1 saturated heterocycles. The van der Waals surface area contributed by atoms with Crippen molar-refractivity contribution in [1.82, 2.24) is 25.1 Å². The predicted octanol–water partition coefficient (Wildman–Crippen LogP) is 1.52. The van der Waals surface area contributed by atoms with Gasteiger partial charge in [0, 0.05) is 30.8 Å². The van der Waals surface area contributed by atoms with Crippen LogP contribution < -0.4 is 15.4 Å². The van der Waals surface area contributed by atoms with E-state index in [1.54, 1.807) is 12.3 Å². The summed E-state index contributed by atoms with van der Waals surface area (Å²) in [6.45, 7) is 5.28. The molecule has 0 aromatic carbocycles. The van der Waals surface area contributed by atoms with Crippen molar-refractivity contribution in [3.05, 3.63) is 30.4 Å². The van der Waals surface area contributed by atoms with Crippen LogP contribution in [0.4, 0.5) is 5.82 Å². The van der Waals surface area contributed by atoms with Crippen molar-refractivity contribution < 1.29 is 9.53 Å². The molecule has 0 aliphatic carbocycles. The lowest BCUT2D eigenvalue weighted by atomic mass is 9.94. The number of aromatic nitrogens is 4. The normalized spacial score (nSPS) is 20.5. The summed E-state index contributed by atoms with van der Waals surface area (Å²) >= 11 is 0. The first-order valence-corrected chi connectivity index (χ1v) is 8.22. The van der Waals surface area contributed by atoms with Gasteiger partial charge in [0.15, 0.2) is 0 Å². The van der Waals surface area contributed by atoms with E-state index >= 15 is 0 Å². The molecule has 3 rings (SSSR count). The minimum atomic E-state index is -0.142. The van der Waals surface area contributed by atoms with Gasteiger partial charge < -0.3 is 15.4 Å². The lowest BCUT2D eigenvalue weighted by Crippen LogP contribution is -2.45. The zero-order valence-corrected chi connectivity index (χ0v) is 13.9. The van der Waals surface area contributed by atoms with Crippen LogP contribution in [-0.4, -0.2) is 38.3 Å².